The van der Waals surface area contributed by atoms with Crippen molar-refractivity contribution in [3.05, 3.63) is 29.8 Å². The maximum Gasteiger partial charge on any atom is 0.338 e. The molecule has 2 atom stereocenters. The first-order valence-corrected chi connectivity index (χ1v) is 9.50. The fourth-order valence-corrected chi connectivity index (χ4v) is 4.06. The molecule has 6 nitrogen and oxygen atoms in total. The Hall–Kier alpha value is -2.21. The Labute approximate surface area is 154 Å². The molecule has 1 N–H and O–H groups in total. The summed E-state index contributed by atoms with van der Waals surface area (Å²) in [5, 5.41) is 0. The SMILES string of the molecule is CCOC(=O)c1ccc(N2C(=O)C[C@@H]([NH+](C)C3CCCCC3)C2=O)cc1. The van der Waals surface area contributed by atoms with Crippen molar-refractivity contribution >= 4 is 23.5 Å². The highest BCUT2D eigenvalue weighted by molar-refractivity contribution is 6.21. The van der Waals surface area contributed by atoms with E-state index in [0.717, 1.165) is 17.7 Å². The molecule has 0 radical (unpaired) electrons. The Morgan fingerprint density at radius 1 is 1.15 bits per heavy atom. The lowest BCUT2D eigenvalue weighted by Gasteiger charge is -2.31. The average Bonchev–Trinajstić information content (AvgIpc) is 2.96. The first kappa shape index (κ1) is 18.6. The van der Waals surface area contributed by atoms with Crippen LogP contribution in [-0.4, -0.2) is 43.5 Å². The van der Waals surface area contributed by atoms with Crippen LogP contribution in [0.3, 0.4) is 0 Å². The number of nitrogens with one attached hydrogen (secondary N) is 1. The van der Waals surface area contributed by atoms with Crippen molar-refractivity contribution in [3.8, 4) is 0 Å². The topological polar surface area (TPSA) is 68.1 Å². The van der Waals surface area contributed by atoms with Crippen molar-refractivity contribution in [1.82, 2.24) is 0 Å². The van der Waals surface area contributed by atoms with Gasteiger partial charge in [-0.25, -0.2) is 9.69 Å². The molecule has 2 aliphatic rings. The average molecular weight is 359 g/mol. The van der Waals surface area contributed by atoms with Crippen LogP contribution in [0.15, 0.2) is 24.3 Å². The Morgan fingerprint density at radius 2 is 1.81 bits per heavy atom. The number of benzene rings is 1. The molecule has 0 spiro atoms. The highest BCUT2D eigenvalue weighted by atomic mass is 16.5. The second-order valence-corrected chi connectivity index (χ2v) is 7.17. The molecule has 140 valence electrons. The van der Waals surface area contributed by atoms with Gasteiger partial charge < -0.3 is 9.64 Å². The van der Waals surface area contributed by atoms with E-state index in [0.29, 0.717) is 23.9 Å². The first-order chi connectivity index (χ1) is 12.5. The molecule has 1 saturated heterocycles. The molecule has 1 heterocycles. The number of carbonyl (C=O) groups excluding carboxylic acids is 3. The standard InChI is InChI=1S/C20H26N2O4/c1-3-26-20(25)14-9-11-16(12-10-14)22-18(23)13-17(19(22)24)21(2)15-7-5-4-6-8-15/h9-12,15,17H,3-8,13H2,1-2H3/p+1/t17-/m1/s1. The van der Waals surface area contributed by atoms with E-state index in [-0.39, 0.29) is 24.3 Å². The third kappa shape index (κ3) is 3.65. The van der Waals surface area contributed by atoms with Crippen molar-refractivity contribution in [2.75, 3.05) is 18.6 Å². The lowest BCUT2D eigenvalue weighted by molar-refractivity contribution is -0.922. The van der Waals surface area contributed by atoms with Crippen LogP contribution in [0.25, 0.3) is 0 Å². The lowest BCUT2D eigenvalue weighted by Crippen LogP contribution is -3.17. The molecular formula is C20H27N2O4+. The van der Waals surface area contributed by atoms with E-state index >= 15 is 0 Å². The van der Waals surface area contributed by atoms with Crippen molar-refractivity contribution < 1.29 is 24.0 Å². The smallest absolute Gasteiger partial charge is 0.338 e. The molecule has 26 heavy (non-hydrogen) atoms. The Bertz CT molecular complexity index is 680. The minimum atomic E-state index is -0.405. The van der Waals surface area contributed by atoms with Gasteiger partial charge in [0, 0.05) is 0 Å². The predicted molar refractivity (Wildman–Crippen MR) is 97.1 cm³/mol. The van der Waals surface area contributed by atoms with Gasteiger partial charge in [-0.1, -0.05) is 6.42 Å². The number of esters is 1. The van der Waals surface area contributed by atoms with Gasteiger partial charge in [0.25, 0.3) is 5.91 Å². The number of imide groups is 1. The second kappa shape index (κ2) is 7.99. The number of quaternary nitrogens is 1. The van der Waals surface area contributed by atoms with E-state index in [4.69, 9.17) is 4.74 Å². The highest BCUT2D eigenvalue weighted by Gasteiger charge is 2.46. The zero-order valence-electron chi connectivity index (χ0n) is 15.5. The zero-order valence-corrected chi connectivity index (χ0v) is 15.5. The predicted octanol–water partition coefficient (Wildman–Crippen LogP) is 1.34. The summed E-state index contributed by atoms with van der Waals surface area (Å²) in [5.41, 5.74) is 0.934. The number of rotatable bonds is 5. The first-order valence-electron chi connectivity index (χ1n) is 9.50. The molecule has 1 saturated carbocycles. The zero-order chi connectivity index (χ0) is 18.7. The number of ether oxygens (including phenoxy) is 1. The van der Waals surface area contributed by atoms with E-state index in [2.05, 4.69) is 0 Å². The van der Waals surface area contributed by atoms with Crippen LogP contribution in [0.5, 0.6) is 0 Å². The van der Waals surface area contributed by atoms with Crippen molar-refractivity contribution in [1.29, 1.82) is 0 Å². The van der Waals surface area contributed by atoms with E-state index in [9.17, 15) is 14.4 Å². The number of amides is 2. The summed E-state index contributed by atoms with van der Waals surface area (Å²) >= 11 is 0. The number of anilines is 1. The maximum absolute atomic E-state index is 12.9. The molecule has 1 aromatic carbocycles. The van der Waals surface area contributed by atoms with Gasteiger partial charge in [0.15, 0.2) is 6.04 Å². The molecule has 3 rings (SSSR count). The van der Waals surface area contributed by atoms with Crippen molar-refractivity contribution in [3.63, 3.8) is 0 Å². The van der Waals surface area contributed by atoms with E-state index in [1.54, 1.807) is 31.2 Å². The van der Waals surface area contributed by atoms with Crippen LogP contribution >= 0.6 is 0 Å². The molecule has 1 aliphatic carbocycles. The number of likely N-dealkylation sites (N-methyl/N-ethyl adjacent to an activating group) is 1. The summed E-state index contributed by atoms with van der Waals surface area (Å²) in [6.45, 7) is 2.06. The minimum Gasteiger partial charge on any atom is -0.462 e. The van der Waals surface area contributed by atoms with Crippen LogP contribution < -0.4 is 9.80 Å². The van der Waals surface area contributed by atoms with Gasteiger partial charge in [0.05, 0.1) is 37.4 Å². The van der Waals surface area contributed by atoms with E-state index < -0.39 is 5.97 Å². The summed E-state index contributed by atoms with van der Waals surface area (Å²) in [4.78, 5) is 39.6. The van der Waals surface area contributed by atoms with Crippen LogP contribution in [0.1, 0.15) is 55.8 Å². The van der Waals surface area contributed by atoms with Gasteiger partial charge in [0.2, 0.25) is 5.91 Å². The van der Waals surface area contributed by atoms with Crippen LogP contribution in [0.2, 0.25) is 0 Å². The molecule has 0 aromatic heterocycles. The molecule has 6 heteroatoms. The molecule has 1 aliphatic heterocycles. The number of carbonyl (C=O) groups is 3. The van der Waals surface area contributed by atoms with E-state index in [1.807, 2.05) is 7.05 Å². The Balaban J connectivity index is 1.73. The largest absolute Gasteiger partial charge is 0.462 e. The number of nitrogens with zero attached hydrogens (tertiary/aromatic N) is 1. The van der Waals surface area contributed by atoms with Crippen LogP contribution in [0, 0.1) is 0 Å². The maximum atomic E-state index is 12.9. The molecule has 2 fully saturated rings. The number of hydrogen-bond donors (Lipinski definition) is 1. The van der Waals surface area contributed by atoms with Crippen LogP contribution in [-0.2, 0) is 14.3 Å². The summed E-state index contributed by atoms with van der Waals surface area (Å²) in [6, 6.07) is 6.62. The molecular weight excluding hydrogens is 332 g/mol. The molecule has 0 bridgehead atoms. The number of hydrogen-bond acceptors (Lipinski definition) is 4. The summed E-state index contributed by atoms with van der Waals surface area (Å²) in [6.07, 6.45) is 6.17. The Morgan fingerprint density at radius 3 is 2.42 bits per heavy atom. The van der Waals surface area contributed by atoms with Crippen LogP contribution in [0.4, 0.5) is 5.69 Å². The summed E-state index contributed by atoms with van der Waals surface area (Å²) in [5.74, 6) is -0.710. The normalized spacial score (nSPS) is 22.5. The monoisotopic (exact) mass is 359 g/mol. The van der Waals surface area contributed by atoms with Gasteiger partial charge in [-0.05, 0) is 56.9 Å². The van der Waals surface area contributed by atoms with Crippen molar-refractivity contribution in [2.24, 2.45) is 0 Å². The van der Waals surface area contributed by atoms with Gasteiger partial charge in [0.1, 0.15) is 0 Å². The molecule has 1 aromatic rings. The fourth-order valence-electron chi connectivity index (χ4n) is 4.06. The highest BCUT2D eigenvalue weighted by Crippen LogP contribution is 2.24. The lowest BCUT2D eigenvalue weighted by atomic mass is 9.93. The quantitative estimate of drug-likeness (QED) is 0.636. The molecule has 1 unspecified atom stereocenters. The molecule has 2 amide bonds. The van der Waals surface area contributed by atoms with Gasteiger partial charge in [-0.2, -0.15) is 0 Å². The van der Waals surface area contributed by atoms with Gasteiger partial charge in [-0.15, -0.1) is 0 Å². The summed E-state index contributed by atoms with van der Waals surface area (Å²) < 4.78 is 4.96. The summed E-state index contributed by atoms with van der Waals surface area (Å²) in [7, 11) is 2.04. The van der Waals surface area contributed by atoms with Crippen molar-refractivity contribution in [2.45, 2.75) is 57.5 Å². The third-order valence-corrected chi connectivity index (χ3v) is 5.58. The minimum absolute atomic E-state index is 0.137. The van der Waals surface area contributed by atoms with Gasteiger partial charge >= 0.3 is 5.97 Å². The second-order valence-electron chi connectivity index (χ2n) is 7.17. The van der Waals surface area contributed by atoms with Gasteiger partial charge in [-0.3, -0.25) is 9.59 Å². The Kier molecular flexibility index (Phi) is 5.71. The third-order valence-electron chi connectivity index (χ3n) is 5.58. The fraction of sp³-hybridized carbons (Fsp3) is 0.550. The van der Waals surface area contributed by atoms with E-state index in [1.165, 1.54) is 24.2 Å².